The Hall–Kier alpha value is -2.63. The monoisotopic (exact) mass is 329 g/mol. The van der Waals surface area contributed by atoms with Crippen LogP contribution in [0.25, 0.3) is 10.9 Å². The summed E-state index contributed by atoms with van der Waals surface area (Å²) in [6.45, 7) is 12.2. The van der Waals surface area contributed by atoms with Crippen LogP contribution >= 0.6 is 0 Å². The fraction of sp³-hybridized carbons (Fsp3) is 0.389. The topological polar surface area (TPSA) is 75.2 Å². The van der Waals surface area contributed by atoms with Crippen LogP contribution in [-0.2, 0) is 0 Å². The number of likely N-dealkylation sites (N-methyl/N-ethyl adjacent to an activating group) is 1. The van der Waals surface area contributed by atoms with E-state index in [0.29, 0.717) is 29.6 Å². The molecule has 6 heteroatoms. The lowest BCUT2D eigenvalue weighted by Crippen LogP contribution is -2.36. The van der Waals surface area contributed by atoms with Crippen LogP contribution in [0.3, 0.4) is 0 Å². The molecule has 1 amide bonds. The van der Waals surface area contributed by atoms with Gasteiger partial charge >= 0.3 is 5.69 Å². The summed E-state index contributed by atoms with van der Waals surface area (Å²) >= 11 is 0. The van der Waals surface area contributed by atoms with Gasteiger partial charge in [-0.3, -0.25) is 14.2 Å². The standard InChI is InChI=1S/C18H23N3O3/c1-6-20(10-11(2)3)16(22)13-7-8-14-15(9-13)19-18(24)21(12(4)5)17(14)23/h7-9,12H,2,6,10H2,1,3-5H3,(H,19,24). The van der Waals surface area contributed by atoms with E-state index in [-0.39, 0.29) is 17.5 Å². The molecule has 0 radical (unpaired) electrons. The molecule has 0 spiro atoms. The fourth-order valence-electron chi connectivity index (χ4n) is 2.67. The van der Waals surface area contributed by atoms with E-state index in [2.05, 4.69) is 11.6 Å². The molecule has 0 aliphatic rings. The first kappa shape index (κ1) is 17.7. The molecule has 2 aromatic rings. The van der Waals surface area contributed by atoms with Crippen LogP contribution < -0.4 is 11.2 Å². The van der Waals surface area contributed by atoms with Gasteiger partial charge in [0.2, 0.25) is 0 Å². The quantitative estimate of drug-likeness (QED) is 0.855. The molecule has 0 aliphatic heterocycles. The minimum absolute atomic E-state index is 0.156. The van der Waals surface area contributed by atoms with Crippen molar-refractivity contribution in [3.8, 4) is 0 Å². The number of carbonyl (C=O) groups is 1. The van der Waals surface area contributed by atoms with E-state index in [0.717, 1.165) is 5.57 Å². The minimum Gasteiger partial charge on any atom is -0.335 e. The maximum atomic E-state index is 12.6. The van der Waals surface area contributed by atoms with Crippen LogP contribution in [-0.4, -0.2) is 33.4 Å². The van der Waals surface area contributed by atoms with Crippen molar-refractivity contribution in [3.05, 3.63) is 56.8 Å². The van der Waals surface area contributed by atoms with Crippen molar-refractivity contribution >= 4 is 16.8 Å². The van der Waals surface area contributed by atoms with Gasteiger partial charge in [0, 0.05) is 24.7 Å². The Morgan fingerprint density at radius 2 is 2.00 bits per heavy atom. The zero-order valence-corrected chi connectivity index (χ0v) is 14.5. The Labute approximate surface area is 140 Å². The van der Waals surface area contributed by atoms with Crippen molar-refractivity contribution < 1.29 is 4.79 Å². The molecule has 0 unspecified atom stereocenters. The lowest BCUT2D eigenvalue weighted by atomic mass is 10.1. The molecule has 0 saturated carbocycles. The van der Waals surface area contributed by atoms with Crippen LogP contribution in [0.5, 0.6) is 0 Å². The lowest BCUT2D eigenvalue weighted by Gasteiger charge is -2.21. The van der Waals surface area contributed by atoms with Crippen LogP contribution in [0, 0.1) is 0 Å². The largest absolute Gasteiger partial charge is 0.335 e. The third kappa shape index (κ3) is 3.32. The average Bonchev–Trinajstić information content (AvgIpc) is 2.50. The number of nitrogens with zero attached hydrogens (tertiary/aromatic N) is 2. The van der Waals surface area contributed by atoms with Crippen molar-refractivity contribution in [2.45, 2.75) is 33.7 Å². The maximum absolute atomic E-state index is 12.6. The molecular weight excluding hydrogens is 306 g/mol. The predicted molar refractivity (Wildman–Crippen MR) is 95.6 cm³/mol. The molecule has 2 rings (SSSR count). The van der Waals surface area contributed by atoms with Gasteiger partial charge in [-0.25, -0.2) is 4.79 Å². The Morgan fingerprint density at radius 3 is 2.54 bits per heavy atom. The van der Waals surface area contributed by atoms with E-state index in [4.69, 9.17) is 0 Å². The number of aromatic amines is 1. The van der Waals surface area contributed by atoms with Gasteiger partial charge < -0.3 is 9.88 Å². The zero-order chi connectivity index (χ0) is 18.0. The number of hydrogen-bond donors (Lipinski definition) is 1. The van der Waals surface area contributed by atoms with Crippen LogP contribution in [0.1, 0.15) is 44.1 Å². The maximum Gasteiger partial charge on any atom is 0.329 e. The summed E-state index contributed by atoms with van der Waals surface area (Å²) < 4.78 is 1.17. The third-order valence-electron chi connectivity index (χ3n) is 3.82. The van der Waals surface area contributed by atoms with Crippen LogP contribution in [0.2, 0.25) is 0 Å². The van der Waals surface area contributed by atoms with Gasteiger partial charge in [-0.15, -0.1) is 0 Å². The van der Waals surface area contributed by atoms with Gasteiger partial charge in [-0.2, -0.15) is 0 Å². The number of carbonyl (C=O) groups excluding carboxylic acids is 1. The molecule has 0 atom stereocenters. The number of nitrogens with one attached hydrogen (secondary N) is 1. The van der Waals surface area contributed by atoms with Gasteiger partial charge in [-0.1, -0.05) is 12.2 Å². The van der Waals surface area contributed by atoms with Crippen LogP contribution in [0.15, 0.2) is 39.9 Å². The molecular formula is C18H23N3O3. The zero-order valence-electron chi connectivity index (χ0n) is 14.5. The van der Waals surface area contributed by atoms with Crippen LogP contribution in [0.4, 0.5) is 0 Å². The smallest absolute Gasteiger partial charge is 0.329 e. The SMILES string of the molecule is C=C(C)CN(CC)C(=O)c1ccc2c(=O)n(C(C)C)c(=O)[nH]c2c1. The van der Waals surface area contributed by atoms with E-state index in [1.165, 1.54) is 4.57 Å². The summed E-state index contributed by atoms with van der Waals surface area (Å²) in [4.78, 5) is 41.5. The summed E-state index contributed by atoms with van der Waals surface area (Å²) in [5, 5.41) is 0.391. The first-order valence-electron chi connectivity index (χ1n) is 7.98. The number of hydrogen-bond acceptors (Lipinski definition) is 3. The first-order chi connectivity index (χ1) is 11.3. The van der Waals surface area contributed by atoms with E-state index in [1.54, 1.807) is 36.9 Å². The number of aromatic nitrogens is 2. The van der Waals surface area contributed by atoms with E-state index in [1.807, 2.05) is 13.8 Å². The molecule has 0 aliphatic carbocycles. The van der Waals surface area contributed by atoms with Gasteiger partial charge in [0.25, 0.3) is 11.5 Å². The van der Waals surface area contributed by atoms with Crippen molar-refractivity contribution in [2.24, 2.45) is 0 Å². The first-order valence-corrected chi connectivity index (χ1v) is 7.98. The number of H-pyrrole nitrogens is 1. The van der Waals surface area contributed by atoms with Gasteiger partial charge in [0.15, 0.2) is 0 Å². The summed E-state index contributed by atoms with van der Waals surface area (Å²) in [6.07, 6.45) is 0. The summed E-state index contributed by atoms with van der Waals surface area (Å²) in [6, 6.07) is 4.54. The van der Waals surface area contributed by atoms with Gasteiger partial charge in [-0.05, 0) is 45.9 Å². The van der Waals surface area contributed by atoms with Gasteiger partial charge in [0.1, 0.15) is 0 Å². The molecule has 0 fully saturated rings. The molecule has 1 aromatic carbocycles. The normalized spacial score (nSPS) is 11.0. The Balaban J connectivity index is 2.55. The highest BCUT2D eigenvalue weighted by Gasteiger charge is 2.16. The Morgan fingerprint density at radius 1 is 1.33 bits per heavy atom. The highest BCUT2D eigenvalue weighted by atomic mass is 16.2. The molecule has 6 nitrogen and oxygen atoms in total. The van der Waals surface area contributed by atoms with E-state index < -0.39 is 5.69 Å². The van der Waals surface area contributed by atoms with E-state index in [9.17, 15) is 14.4 Å². The summed E-state index contributed by atoms with van der Waals surface area (Å²) in [7, 11) is 0. The molecule has 128 valence electrons. The molecule has 1 heterocycles. The Bertz CT molecular complexity index is 906. The lowest BCUT2D eigenvalue weighted by molar-refractivity contribution is 0.0778. The minimum atomic E-state index is -0.471. The van der Waals surface area contributed by atoms with Crippen molar-refractivity contribution in [3.63, 3.8) is 0 Å². The molecule has 0 saturated heterocycles. The second-order valence-corrected chi connectivity index (χ2v) is 6.24. The van der Waals surface area contributed by atoms with Crippen molar-refractivity contribution in [1.29, 1.82) is 0 Å². The Kier molecular flexibility index (Phi) is 5.07. The third-order valence-corrected chi connectivity index (χ3v) is 3.82. The number of benzene rings is 1. The number of rotatable bonds is 5. The molecule has 0 bridgehead atoms. The molecule has 24 heavy (non-hydrogen) atoms. The highest BCUT2D eigenvalue weighted by molar-refractivity contribution is 5.97. The average molecular weight is 329 g/mol. The van der Waals surface area contributed by atoms with Crippen molar-refractivity contribution in [1.82, 2.24) is 14.5 Å². The predicted octanol–water partition coefficient (Wildman–Crippen LogP) is 2.31. The van der Waals surface area contributed by atoms with Gasteiger partial charge in [0.05, 0.1) is 10.9 Å². The fourth-order valence-corrected chi connectivity index (χ4v) is 2.67. The highest BCUT2D eigenvalue weighted by Crippen LogP contribution is 2.13. The number of fused-ring (bicyclic) bond motifs is 1. The molecule has 1 N–H and O–H groups in total. The summed E-state index contributed by atoms with van der Waals surface area (Å²) in [5.74, 6) is -0.156. The summed E-state index contributed by atoms with van der Waals surface area (Å²) in [5.41, 5.74) is 0.875. The number of amides is 1. The van der Waals surface area contributed by atoms with E-state index >= 15 is 0 Å². The second-order valence-electron chi connectivity index (χ2n) is 6.24. The van der Waals surface area contributed by atoms with Crippen molar-refractivity contribution in [2.75, 3.05) is 13.1 Å². The molecule has 1 aromatic heterocycles. The second kappa shape index (κ2) is 6.86.